The van der Waals surface area contributed by atoms with Gasteiger partial charge in [0.05, 0.1) is 56.7 Å². The Morgan fingerprint density at radius 1 is 0.295 bits per heavy atom. The monoisotopic (exact) mass is 2010 g/mol. The summed E-state index contributed by atoms with van der Waals surface area (Å²) in [5.74, 6) is 3.24. The van der Waals surface area contributed by atoms with Gasteiger partial charge in [0.15, 0.2) is 23.1 Å². The van der Waals surface area contributed by atoms with Gasteiger partial charge in [0.2, 0.25) is 0 Å². The summed E-state index contributed by atoms with van der Waals surface area (Å²) in [5, 5.41) is 21.2. The lowest BCUT2D eigenvalue weighted by molar-refractivity contribution is -0.193. The molecule has 2 N–H and O–H groups in total. The summed E-state index contributed by atoms with van der Waals surface area (Å²) < 4.78 is 21.8. The maximum atomic E-state index is 14.5. The molecular formula is C132H200O14. The fourth-order valence-corrected chi connectivity index (χ4v) is 44.1. The van der Waals surface area contributed by atoms with Crippen LogP contribution in [0.15, 0.2) is 95.2 Å². The molecule has 0 radical (unpaired) electrons. The Kier molecular flexibility index (Phi) is 26.7. The van der Waals surface area contributed by atoms with Crippen LogP contribution in [-0.2, 0) is 57.3 Å². The van der Waals surface area contributed by atoms with E-state index in [0.29, 0.717) is 35.5 Å². The standard InChI is InChI=1S/2C33H50O4.2C33H50O3/c1-20-17-29(5)24(30(6,19-34)21(20)2)10-11-31(7)25(29)16-23(35)26-22-18-28(3,4)12-14-33(22,27(36)37-9)15-13-32(26,31)8;1-20-17-29(5,19-34)24-10-11-30(6)25(32(24,8)21(20)2)16-23(35)26-22-18-28(3,4)12-14-33(22,27(36)37-9)15-13-31(26,30)7;1-20-18-30(7)24(29(5,6)21(20)2)11-12-31(8)25(30)17-23(34)26-22-19-28(3,4)13-15-33(22,27(35)36-10)16-14-32(26,31)9;1-20-18-29(5,6)24-11-12-30(7)25(32(24,9)21(20)2)17-23(34)26-22-19-28(3,4)13-15-33(22,27(35)36-10)16-14-31(26,30)8/h2*16,20,22,24,26,34H,2,10-15,17-19H2,1,3-9H3;2*17,20,22,24,26H,2,11-16,18-19H2,1,3-10H3/t20-,22+,24-,26+,29+,30+,31-,32-,33+;20-,22-,24-,26-,29+,30+,31+,32-,33-;20-,22+,24+,26+,30+,31-,32-,33+;20-,22-,24-,26-,30+,31+,32-,33-/m1010/s1. The highest BCUT2D eigenvalue weighted by molar-refractivity contribution is 5.99. The van der Waals surface area contributed by atoms with Crippen LogP contribution < -0.4 is 0 Å². The topological polar surface area (TPSA) is 214 Å². The number of allylic oxidation sites excluding steroid dienone is 11. The molecule has 0 unspecified atom stereocenters. The summed E-state index contributed by atoms with van der Waals surface area (Å²) in [7, 11) is 6.09. The molecule has 0 aliphatic heterocycles. The van der Waals surface area contributed by atoms with Crippen LogP contribution in [-0.4, -0.2) is 98.9 Å². The van der Waals surface area contributed by atoms with E-state index in [1.165, 1.54) is 86.7 Å². The van der Waals surface area contributed by atoms with Crippen molar-refractivity contribution in [1.29, 1.82) is 0 Å². The first-order valence-electron chi connectivity index (χ1n) is 58.5. The summed E-state index contributed by atoms with van der Waals surface area (Å²) in [4.78, 5) is 111. The van der Waals surface area contributed by atoms with Gasteiger partial charge in [-0.1, -0.05) is 267 Å². The second-order valence-electron chi connectivity index (χ2n) is 62.5. The number of esters is 4. The number of ketones is 4. The van der Waals surface area contributed by atoms with Crippen LogP contribution in [0.2, 0.25) is 0 Å². The van der Waals surface area contributed by atoms with Crippen LogP contribution in [0.4, 0.5) is 0 Å². The number of hydrogen-bond donors (Lipinski definition) is 2. The fraction of sp³-hybridized carbons (Fsp3) is 0.818. The number of rotatable bonds is 6. The Bertz CT molecular complexity index is 5570. The van der Waals surface area contributed by atoms with Gasteiger partial charge in [0.1, 0.15) is 0 Å². The maximum absolute atomic E-state index is 14.5. The molecule has 0 amide bonds. The Labute approximate surface area is 883 Å². The van der Waals surface area contributed by atoms with Gasteiger partial charge in [-0.2, -0.15) is 0 Å². The highest BCUT2D eigenvalue weighted by Crippen LogP contribution is 2.84. The molecule has 14 nitrogen and oxygen atoms in total. The molecule has 0 bridgehead atoms. The molecule has 812 valence electrons. The van der Waals surface area contributed by atoms with E-state index in [4.69, 9.17) is 25.5 Å². The summed E-state index contributed by atoms with van der Waals surface area (Å²) in [6, 6.07) is 0. The third-order valence-corrected chi connectivity index (χ3v) is 53.3. The molecule has 16 saturated carbocycles. The normalized spacial score (nSPS) is 49.9. The second kappa shape index (κ2) is 35.0. The molecule has 20 aliphatic carbocycles. The highest BCUT2D eigenvalue weighted by atomic mass is 16.5. The average molecular weight is 2010 g/mol. The summed E-state index contributed by atoms with van der Waals surface area (Å²) >= 11 is 0. The van der Waals surface area contributed by atoms with E-state index in [9.17, 15) is 48.6 Å². The van der Waals surface area contributed by atoms with E-state index < -0.39 is 21.7 Å². The van der Waals surface area contributed by atoms with E-state index in [-0.39, 0.29) is 228 Å². The number of aliphatic hydroxyl groups is 2. The fourth-order valence-electron chi connectivity index (χ4n) is 44.1. The van der Waals surface area contributed by atoms with Crippen LogP contribution in [0.3, 0.4) is 0 Å². The van der Waals surface area contributed by atoms with Crippen LogP contribution in [0.1, 0.15) is 413 Å². The molecule has 0 aromatic carbocycles. The zero-order valence-corrected chi connectivity index (χ0v) is 98.2. The number of methoxy groups -OCH3 is 4. The Morgan fingerprint density at radius 3 is 0.856 bits per heavy atom. The summed E-state index contributed by atoms with van der Waals surface area (Å²) in [6.45, 7) is 89.4. The van der Waals surface area contributed by atoms with Crippen molar-refractivity contribution in [2.24, 2.45) is 225 Å². The van der Waals surface area contributed by atoms with E-state index in [1.807, 2.05) is 12.2 Å². The van der Waals surface area contributed by atoms with Crippen LogP contribution in [0, 0.1) is 225 Å². The van der Waals surface area contributed by atoms with Crippen molar-refractivity contribution in [3.8, 4) is 0 Å². The van der Waals surface area contributed by atoms with Crippen molar-refractivity contribution in [1.82, 2.24) is 0 Å². The first-order valence-corrected chi connectivity index (χ1v) is 58.5. The largest absolute Gasteiger partial charge is 0.469 e. The number of ether oxygens (including phenoxy) is 4. The Balaban J connectivity index is 0.000000133. The predicted molar refractivity (Wildman–Crippen MR) is 583 cm³/mol. The Hall–Kier alpha value is -5.60. The third-order valence-electron chi connectivity index (χ3n) is 53.3. The smallest absolute Gasteiger partial charge is 0.312 e. The van der Waals surface area contributed by atoms with Crippen molar-refractivity contribution in [3.05, 3.63) is 95.2 Å². The lowest BCUT2D eigenvalue weighted by atomic mass is 9.33. The summed E-state index contributed by atoms with van der Waals surface area (Å²) in [6.07, 6.45) is 39.0. The number of hydrogen-bond acceptors (Lipinski definition) is 14. The van der Waals surface area contributed by atoms with Gasteiger partial charge in [-0.15, -0.1) is 0 Å². The van der Waals surface area contributed by atoms with E-state index in [1.54, 1.807) is 0 Å². The number of aliphatic hydroxyl groups excluding tert-OH is 2. The SMILES string of the molecule is C=C1[C@@H](C)CC(C)(C)[C@@H]2CC[C@]3(C)C(=CC(=O)[C@@H]4[C@@H]5CC(C)(C)CC[C@]5(C(=O)OC)CC[C@]43C)[C@@]12C.C=C1[C@@H](C)C[C@](C)(CO)[C@@H]2CC[C@]3(C)C(=CC(=O)[C@@H]4[C@@H]5CC(C)(C)CC[C@]5(C(=O)OC)CC[C@]43C)[C@@]12C.C=C1[C@H](C)C[C@]2(C)C3=CC(=O)[C@@H]4[C@@H]5CC(C)(C)CC[C@]5(C(=O)OC)CC[C@@]4(C)[C@]3(C)CC[C@H]2C1(C)C.C=C1[C@H](C)C[C@]2(C)C3=CC(=O)[C@@H]4[C@@H]5CC(C)(C)CC[C@]5(C(=O)OC)CC[C@@]4(C)[C@]3(C)CC[C@H]2[C@@]1(C)CO. The molecule has 0 spiro atoms. The second-order valence-corrected chi connectivity index (χ2v) is 62.5. The van der Waals surface area contributed by atoms with E-state index >= 15 is 0 Å². The molecular weight excluding hydrogens is 1810 g/mol. The molecule has 20 rings (SSSR count). The average Bonchev–Trinajstić information content (AvgIpc) is 0.682. The zero-order valence-electron chi connectivity index (χ0n) is 98.2. The minimum atomic E-state index is -0.550. The van der Waals surface area contributed by atoms with Crippen molar-refractivity contribution in [3.63, 3.8) is 0 Å². The molecule has 34 atom stereocenters. The highest BCUT2D eigenvalue weighted by Gasteiger charge is 2.79. The van der Waals surface area contributed by atoms with Gasteiger partial charge in [-0.25, -0.2) is 0 Å². The summed E-state index contributed by atoms with van der Waals surface area (Å²) in [5.41, 5.74) is 6.87. The van der Waals surface area contributed by atoms with Gasteiger partial charge < -0.3 is 29.2 Å². The molecule has 0 heterocycles. The molecule has 0 aromatic rings. The van der Waals surface area contributed by atoms with Gasteiger partial charge >= 0.3 is 23.9 Å². The molecule has 14 heteroatoms. The van der Waals surface area contributed by atoms with Gasteiger partial charge in [0, 0.05) is 46.5 Å². The maximum Gasteiger partial charge on any atom is 0.312 e. The van der Waals surface area contributed by atoms with Crippen LogP contribution in [0.5, 0.6) is 0 Å². The van der Waals surface area contributed by atoms with Crippen LogP contribution >= 0.6 is 0 Å². The molecule has 0 saturated heterocycles. The quantitative estimate of drug-likeness (QED) is 0.144. The first-order chi connectivity index (χ1) is 67.1. The lowest BCUT2D eigenvalue weighted by Crippen LogP contribution is -2.66. The number of fused-ring (bicyclic) bond motifs is 28. The predicted octanol–water partition coefficient (Wildman–Crippen LogP) is 29.7. The molecule has 0 aromatic heterocycles. The van der Waals surface area contributed by atoms with Crippen molar-refractivity contribution in [2.45, 2.75) is 413 Å². The first kappa shape index (κ1) is 112. The van der Waals surface area contributed by atoms with Crippen molar-refractivity contribution < 1.29 is 67.5 Å². The zero-order chi connectivity index (χ0) is 108. The minimum absolute atomic E-state index is 0.00344. The van der Waals surface area contributed by atoms with Gasteiger partial charge in [0.25, 0.3) is 0 Å². The van der Waals surface area contributed by atoms with E-state index in [0.717, 1.165) is 192 Å². The number of carbonyl (C=O) groups excluding carboxylic acids is 8. The third kappa shape index (κ3) is 14.8. The molecule has 146 heavy (non-hydrogen) atoms. The van der Waals surface area contributed by atoms with Gasteiger partial charge in [-0.3, -0.25) is 38.4 Å². The van der Waals surface area contributed by atoms with Crippen LogP contribution in [0.25, 0.3) is 0 Å². The van der Waals surface area contributed by atoms with Crippen molar-refractivity contribution >= 4 is 47.0 Å². The van der Waals surface area contributed by atoms with Crippen molar-refractivity contribution in [2.75, 3.05) is 41.7 Å². The van der Waals surface area contributed by atoms with Gasteiger partial charge in [-0.05, 0) is 404 Å². The minimum Gasteiger partial charge on any atom is -0.469 e. The molecule has 16 fully saturated rings. The van der Waals surface area contributed by atoms with E-state index in [2.05, 4.69) is 240 Å². The Morgan fingerprint density at radius 2 is 0.548 bits per heavy atom. The number of carbonyl (C=O) groups is 8. The lowest BCUT2D eigenvalue weighted by Gasteiger charge is -2.70. The molecule has 20 aliphatic rings.